The highest BCUT2D eigenvalue weighted by Gasteiger charge is 2.09. The zero-order valence-electron chi connectivity index (χ0n) is 13.6. The molecule has 7 heteroatoms. The van der Waals surface area contributed by atoms with E-state index < -0.39 is 0 Å². The van der Waals surface area contributed by atoms with Gasteiger partial charge in [0, 0.05) is 23.2 Å². The number of rotatable bonds is 6. The van der Waals surface area contributed by atoms with E-state index in [9.17, 15) is 0 Å². The van der Waals surface area contributed by atoms with Gasteiger partial charge < -0.3 is 15.2 Å². The van der Waals surface area contributed by atoms with Crippen molar-refractivity contribution in [2.75, 3.05) is 6.54 Å². The van der Waals surface area contributed by atoms with Gasteiger partial charge in [-0.1, -0.05) is 35.8 Å². The molecule has 0 fully saturated rings. The summed E-state index contributed by atoms with van der Waals surface area (Å²) < 4.78 is 5.25. The van der Waals surface area contributed by atoms with Crippen molar-refractivity contribution in [2.24, 2.45) is 4.99 Å². The zero-order chi connectivity index (χ0) is 16.7. The largest absolute Gasteiger partial charge is 0.357 e. The first kappa shape index (κ1) is 17.3. The summed E-state index contributed by atoms with van der Waals surface area (Å²) in [7, 11) is 0. The van der Waals surface area contributed by atoms with E-state index in [0.717, 1.165) is 24.5 Å². The molecule has 1 heterocycles. The van der Waals surface area contributed by atoms with Gasteiger partial charge in [-0.2, -0.15) is 4.98 Å². The molecule has 0 aliphatic carbocycles. The maximum Gasteiger partial charge on any atom is 0.248 e. The molecule has 1 unspecified atom stereocenters. The molecular weight excluding hydrogens is 314 g/mol. The predicted octanol–water partition coefficient (Wildman–Crippen LogP) is 3.24. The topological polar surface area (TPSA) is 75.3 Å². The quantitative estimate of drug-likeness (QED) is 0.626. The number of benzene rings is 1. The fraction of sp³-hybridized carbons (Fsp3) is 0.438. The highest BCUT2D eigenvalue weighted by molar-refractivity contribution is 6.30. The van der Waals surface area contributed by atoms with Gasteiger partial charge in [-0.25, -0.2) is 4.99 Å². The highest BCUT2D eigenvalue weighted by atomic mass is 35.5. The first-order valence-electron chi connectivity index (χ1n) is 7.75. The van der Waals surface area contributed by atoms with E-state index in [2.05, 4.69) is 39.6 Å². The molecule has 0 radical (unpaired) electrons. The van der Waals surface area contributed by atoms with Crippen LogP contribution in [0.1, 0.15) is 33.1 Å². The molecule has 0 aliphatic rings. The van der Waals surface area contributed by atoms with Gasteiger partial charge >= 0.3 is 0 Å². The summed E-state index contributed by atoms with van der Waals surface area (Å²) in [5.41, 5.74) is 0.820. The number of hydrogen-bond acceptors (Lipinski definition) is 4. The van der Waals surface area contributed by atoms with E-state index in [1.807, 2.05) is 19.1 Å². The minimum absolute atomic E-state index is 0.319. The Kier molecular flexibility index (Phi) is 6.40. The summed E-state index contributed by atoms with van der Waals surface area (Å²) >= 11 is 5.98. The summed E-state index contributed by atoms with van der Waals surface area (Å²) in [4.78, 5) is 8.82. The zero-order valence-corrected chi connectivity index (χ0v) is 14.4. The second kappa shape index (κ2) is 8.53. The molecule has 0 saturated carbocycles. The van der Waals surface area contributed by atoms with Gasteiger partial charge in [0.05, 0.1) is 0 Å². The second-order valence-corrected chi connectivity index (χ2v) is 5.61. The lowest BCUT2D eigenvalue weighted by Crippen LogP contribution is -2.41. The van der Waals surface area contributed by atoms with Gasteiger partial charge in [-0.15, -0.1) is 0 Å². The van der Waals surface area contributed by atoms with Crippen molar-refractivity contribution in [2.45, 2.75) is 39.8 Å². The fourth-order valence-electron chi connectivity index (χ4n) is 1.87. The third-order valence-corrected chi connectivity index (χ3v) is 3.50. The van der Waals surface area contributed by atoms with E-state index in [1.165, 1.54) is 0 Å². The molecule has 1 atom stereocenters. The molecule has 124 valence electrons. The third-order valence-electron chi connectivity index (χ3n) is 3.26. The Labute approximate surface area is 141 Å². The molecule has 2 N–H and O–H groups in total. The van der Waals surface area contributed by atoms with Crippen LogP contribution in [0, 0.1) is 0 Å². The summed E-state index contributed by atoms with van der Waals surface area (Å²) in [6, 6.07) is 7.69. The Balaban J connectivity index is 2.06. The normalized spacial score (nSPS) is 13.0. The number of aliphatic imine (C=N–C) groups is 1. The number of nitrogens with zero attached hydrogens (tertiary/aromatic N) is 3. The van der Waals surface area contributed by atoms with Crippen LogP contribution in [-0.4, -0.2) is 28.7 Å². The van der Waals surface area contributed by atoms with Crippen LogP contribution in [0.2, 0.25) is 5.02 Å². The summed E-state index contributed by atoms with van der Waals surface area (Å²) in [6.07, 6.45) is 1.02. The van der Waals surface area contributed by atoms with Gasteiger partial charge in [0.25, 0.3) is 0 Å². The number of nitrogens with one attached hydrogen (secondary N) is 2. The van der Waals surface area contributed by atoms with Gasteiger partial charge in [-0.05, 0) is 32.4 Å². The van der Waals surface area contributed by atoms with E-state index in [4.69, 9.17) is 16.1 Å². The monoisotopic (exact) mass is 335 g/mol. The molecule has 2 rings (SSSR count). The van der Waals surface area contributed by atoms with E-state index in [-0.39, 0.29) is 0 Å². The van der Waals surface area contributed by atoms with Crippen molar-refractivity contribution in [1.82, 2.24) is 20.8 Å². The van der Waals surface area contributed by atoms with Crippen LogP contribution in [0.4, 0.5) is 0 Å². The maximum absolute atomic E-state index is 5.98. The van der Waals surface area contributed by atoms with Crippen LogP contribution in [0.3, 0.4) is 0 Å². The molecule has 0 saturated heterocycles. The second-order valence-electron chi connectivity index (χ2n) is 5.17. The third kappa shape index (κ3) is 5.25. The predicted molar refractivity (Wildman–Crippen MR) is 92.4 cm³/mol. The lowest BCUT2D eigenvalue weighted by molar-refractivity contribution is 0.380. The molecule has 1 aromatic carbocycles. The van der Waals surface area contributed by atoms with Crippen molar-refractivity contribution in [3.05, 3.63) is 35.2 Å². The Bertz CT molecular complexity index is 655. The van der Waals surface area contributed by atoms with E-state index in [0.29, 0.717) is 29.3 Å². The van der Waals surface area contributed by atoms with Crippen molar-refractivity contribution in [3.63, 3.8) is 0 Å². The van der Waals surface area contributed by atoms with Gasteiger partial charge in [0.1, 0.15) is 6.54 Å². The summed E-state index contributed by atoms with van der Waals surface area (Å²) in [5, 5.41) is 11.1. The van der Waals surface area contributed by atoms with Gasteiger partial charge in [0.15, 0.2) is 5.96 Å². The van der Waals surface area contributed by atoms with Crippen LogP contribution < -0.4 is 10.6 Å². The Morgan fingerprint density at radius 3 is 2.91 bits per heavy atom. The first-order valence-corrected chi connectivity index (χ1v) is 8.13. The van der Waals surface area contributed by atoms with Crippen molar-refractivity contribution < 1.29 is 4.52 Å². The smallest absolute Gasteiger partial charge is 0.248 e. The number of halogens is 1. The lowest BCUT2D eigenvalue weighted by Gasteiger charge is -2.15. The molecule has 1 aromatic heterocycles. The molecule has 0 amide bonds. The van der Waals surface area contributed by atoms with Crippen LogP contribution in [0.15, 0.2) is 33.8 Å². The van der Waals surface area contributed by atoms with Crippen LogP contribution in [0.25, 0.3) is 11.4 Å². The molecule has 0 aliphatic heterocycles. The summed E-state index contributed by atoms with van der Waals surface area (Å²) in [6.45, 7) is 7.37. The first-order chi connectivity index (χ1) is 11.1. The van der Waals surface area contributed by atoms with E-state index >= 15 is 0 Å². The minimum atomic E-state index is 0.319. The standard InChI is InChI=1S/C16H22ClN5O/c1-4-11(3)20-16(18-5-2)19-10-14-21-15(22-23-14)12-7-6-8-13(17)9-12/h6-9,11H,4-5,10H2,1-3H3,(H2,18,19,20). The van der Waals surface area contributed by atoms with Gasteiger partial charge in [0.2, 0.25) is 11.7 Å². The molecule has 2 aromatic rings. The Hall–Kier alpha value is -2.08. The molecule has 23 heavy (non-hydrogen) atoms. The van der Waals surface area contributed by atoms with Gasteiger partial charge in [-0.3, -0.25) is 0 Å². The molecule has 0 bridgehead atoms. The highest BCUT2D eigenvalue weighted by Crippen LogP contribution is 2.19. The molecule has 6 nitrogen and oxygen atoms in total. The number of aromatic nitrogens is 2. The Morgan fingerprint density at radius 2 is 2.22 bits per heavy atom. The van der Waals surface area contributed by atoms with Crippen LogP contribution in [-0.2, 0) is 6.54 Å². The molecule has 0 spiro atoms. The van der Waals surface area contributed by atoms with Crippen LogP contribution >= 0.6 is 11.6 Å². The minimum Gasteiger partial charge on any atom is -0.357 e. The number of guanidine groups is 1. The van der Waals surface area contributed by atoms with Crippen molar-refractivity contribution in [1.29, 1.82) is 0 Å². The summed E-state index contributed by atoms with van der Waals surface area (Å²) in [5.74, 6) is 1.71. The Morgan fingerprint density at radius 1 is 1.39 bits per heavy atom. The van der Waals surface area contributed by atoms with Crippen molar-refractivity contribution >= 4 is 17.6 Å². The fourth-order valence-corrected chi connectivity index (χ4v) is 2.06. The average Bonchev–Trinajstić information content (AvgIpc) is 3.01. The average molecular weight is 336 g/mol. The maximum atomic E-state index is 5.98. The number of hydrogen-bond donors (Lipinski definition) is 2. The van der Waals surface area contributed by atoms with Crippen molar-refractivity contribution in [3.8, 4) is 11.4 Å². The van der Waals surface area contributed by atoms with Crippen LogP contribution in [0.5, 0.6) is 0 Å². The van der Waals surface area contributed by atoms with E-state index in [1.54, 1.807) is 12.1 Å². The SMILES string of the molecule is CCNC(=NCc1nc(-c2cccc(Cl)c2)no1)NC(C)CC. The molecular formula is C16H22ClN5O. The lowest BCUT2D eigenvalue weighted by atomic mass is 10.2.